The number of hydrogen-bond donors (Lipinski definition) is 2. The Kier molecular flexibility index (Phi) is 4.03. The molecule has 0 aliphatic carbocycles. The number of nitrogens with one attached hydrogen (secondary N) is 1. The van der Waals surface area contributed by atoms with Gasteiger partial charge in [-0.25, -0.2) is 0 Å². The van der Waals surface area contributed by atoms with Crippen LogP contribution in [0.4, 0.5) is 11.4 Å². The minimum atomic E-state index is 0.784. The highest BCUT2D eigenvalue weighted by Crippen LogP contribution is 2.25. The average Bonchev–Trinajstić information content (AvgIpc) is 2.37. The van der Waals surface area contributed by atoms with Crippen molar-refractivity contribution in [3.63, 3.8) is 0 Å². The van der Waals surface area contributed by atoms with Crippen LogP contribution < -0.4 is 11.1 Å². The second kappa shape index (κ2) is 5.71. The summed E-state index contributed by atoms with van der Waals surface area (Å²) in [7, 11) is 0. The second-order valence-corrected chi connectivity index (χ2v) is 4.61. The highest BCUT2D eigenvalue weighted by molar-refractivity contribution is 5.93. The van der Waals surface area contributed by atoms with Gasteiger partial charge in [-0.1, -0.05) is 20.3 Å². The number of nitrogens with two attached hydrogens (primary N) is 1. The summed E-state index contributed by atoms with van der Waals surface area (Å²) in [6.07, 6.45) is 3.23. The van der Waals surface area contributed by atoms with Gasteiger partial charge in [0.05, 0.1) is 5.52 Å². The molecule has 3 heteroatoms. The van der Waals surface area contributed by atoms with E-state index in [0.29, 0.717) is 0 Å². The third-order valence-electron chi connectivity index (χ3n) is 2.96. The Balaban J connectivity index is 2.50. The lowest BCUT2D eigenvalue weighted by atomic mass is 10.1. The van der Waals surface area contributed by atoms with Crippen molar-refractivity contribution in [2.75, 3.05) is 17.6 Å². The Hall–Kier alpha value is -1.77. The maximum atomic E-state index is 5.86. The van der Waals surface area contributed by atoms with Gasteiger partial charge in [0.15, 0.2) is 0 Å². The number of nitrogens with zero attached hydrogens (tertiary/aromatic N) is 1. The fraction of sp³-hybridized carbons (Fsp3) is 0.400. The molecule has 0 unspecified atom stereocenters. The summed E-state index contributed by atoms with van der Waals surface area (Å²) in [5.41, 5.74) is 9.97. The summed E-state index contributed by atoms with van der Waals surface area (Å²) < 4.78 is 0. The van der Waals surface area contributed by atoms with Crippen molar-refractivity contribution in [3.8, 4) is 0 Å². The molecule has 96 valence electrons. The van der Waals surface area contributed by atoms with E-state index in [1.807, 2.05) is 18.2 Å². The molecule has 2 aromatic rings. The number of nitrogen functional groups attached to an aromatic ring is 1. The molecule has 1 heterocycles. The van der Waals surface area contributed by atoms with Crippen molar-refractivity contribution < 1.29 is 0 Å². The molecular formula is C15H21N3. The van der Waals surface area contributed by atoms with Gasteiger partial charge >= 0.3 is 0 Å². The first kappa shape index (κ1) is 12.7. The van der Waals surface area contributed by atoms with E-state index in [0.717, 1.165) is 53.8 Å². The SMILES string of the molecule is CCCNc1cc(CCC)nc2ccc(N)cc12. The molecule has 0 fully saturated rings. The van der Waals surface area contributed by atoms with Gasteiger partial charge < -0.3 is 11.1 Å². The molecule has 0 amide bonds. The molecule has 0 atom stereocenters. The third kappa shape index (κ3) is 2.73. The van der Waals surface area contributed by atoms with E-state index in [2.05, 4.69) is 30.2 Å². The van der Waals surface area contributed by atoms with E-state index >= 15 is 0 Å². The van der Waals surface area contributed by atoms with E-state index in [4.69, 9.17) is 5.73 Å². The number of rotatable bonds is 5. The molecular weight excluding hydrogens is 222 g/mol. The third-order valence-corrected chi connectivity index (χ3v) is 2.96. The zero-order chi connectivity index (χ0) is 13.0. The van der Waals surface area contributed by atoms with Gasteiger partial charge in [-0.05, 0) is 37.1 Å². The lowest BCUT2D eigenvalue weighted by Crippen LogP contribution is -2.03. The van der Waals surface area contributed by atoms with E-state index in [1.54, 1.807) is 0 Å². The lowest BCUT2D eigenvalue weighted by Gasteiger charge is -2.11. The van der Waals surface area contributed by atoms with E-state index in [-0.39, 0.29) is 0 Å². The Labute approximate surface area is 108 Å². The molecule has 18 heavy (non-hydrogen) atoms. The van der Waals surface area contributed by atoms with Crippen molar-refractivity contribution in [1.29, 1.82) is 0 Å². The van der Waals surface area contributed by atoms with E-state index < -0.39 is 0 Å². The second-order valence-electron chi connectivity index (χ2n) is 4.61. The van der Waals surface area contributed by atoms with Crippen molar-refractivity contribution in [2.45, 2.75) is 33.1 Å². The minimum absolute atomic E-state index is 0.784. The number of aryl methyl sites for hydroxylation is 1. The fourth-order valence-electron chi connectivity index (χ4n) is 2.09. The normalized spacial score (nSPS) is 10.8. The summed E-state index contributed by atoms with van der Waals surface area (Å²) in [6.45, 7) is 5.31. The molecule has 2 rings (SSSR count). The number of pyridine rings is 1. The molecule has 0 radical (unpaired) electrons. The van der Waals surface area contributed by atoms with Crippen LogP contribution in [0.2, 0.25) is 0 Å². The van der Waals surface area contributed by atoms with Gasteiger partial charge in [0.1, 0.15) is 0 Å². The zero-order valence-electron chi connectivity index (χ0n) is 11.2. The zero-order valence-corrected chi connectivity index (χ0v) is 11.2. The lowest BCUT2D eigenvalue weighted by molar-refractivity contribution is 0.889. The highest BCUT2D eigenvalue weighted by Gasteiger charge is 2.05. The topological polar surface area (TPSA) is 50.9 Å². The first-order chi connectivity index (χ1) is 8.74. The van der Waals surface area contributed by atoms with E-state index in [9.17, 15) is 0 Å². The highest BCUT2D eigenvalue weighted by atomic mass is 14.9. The monoisotopic (exact) mass is 243 g/mol. The van der Waals surface area contributed by atoms with Gasteiger partial charge in [0.2, 0.25) is 0 Å². The van der Waals surface area contributed by atoms with Crippen LogP contribution in [-0.2, 0) is 6.42 Å². The number of aromatic nitrogens is 1. The first-order valence-corrected chi connectivity index (χ1v) is 6.67. The average molecular weight is 243 g/mol. The molecule has 0 aliphatic heterocycles. The summed E-state index contributed by atoms with van der Waals surface area (Å²) in [6, 6.07) is 8.06. The van der Waals surface area contributed by atoms with Crippen LogP contribution >= 0.6 is 0 Å². The van der Waals surface area contributed by atoms with Gasteiger partial charge in [-0.15, -0.1) is 0 Å². The Morgan fingerprint density at radius 2 is 2.00 bits per heavy atom. The van der Waals surface area contributed by atoms with Crippen LogP contribution in [-0.4, -0.2) is 11.5 Å². The number of hydrogen-bond acceptors (Lipinski definition) is 3. The molecule has 0 bridgehead atoms. The summed E-state index contributed by atoms with van der Waals surface area (Å²) in [5, 5.41) is 4.58. The predicted molar refractivity (Wildman–Crippen MR) is 78.9 cm³/mol. The van der Waals surface area contributed by atoms with Crippen molar-refractivity contribution in [3.05, 3.63) is 30.0 Å². The van der Waals surface area contributed by atoms with Crippen LogP contribution in [0.25, 0.3) is 10.9 Å². The quantitative estimate of drug-likeness (QED) is 0.789. The molecule has 0 saturated carbocycles. The molecule has 0 spiro atoms. The van der Waals surface area contributed by atoms with Crippen molar-refractivity contribution in [1.82, 2.24) is 4.98 Å². The summed E-state index contributed by atoms with van der Waals surface area (Å²) in [4.78, 5) is 4.68. The number of benzene rings is 1. The summed E-state index contributed by atoms with van der Waals surface area (Å²) >= 11 is 0. The van der Waals surface area contributed by atoms with E-state index in [1.165, 1.54) is 0 Å². The van der Waals surface area contributed by atoms with Crippen LogP contribution in [0, 0.1) is 0 Å². The molecule has 0 saturated heterocycles. The molecule has 3 N–H and O–H groups in total. The Morgan fingerprint density at radius 1 is 1.17 bits per heavy atom. The van der Waals surface area contributed by atoms with Crippen molar-refractivity contribution >= 4 is 22.3 Å². The van der Waals surface area contributed by atoms with Gasteiger partial charge in [-0.2, -0.15) is 0 Å². The minimum Gasteiger partial charge on any atom is -0.399 e. The molecule has 0 aliphatic rings. The predicted octanol–water partition coefficient (Wildman–Crippen LogP) is 3.59. The van der Waals surface area contributed by atoms with Gasteiger partial charge in [-0.3, -0.25) is 4.98 Å². The maximum absolute atomic E-state index is 5.86. The maximum Gasteiger partial charge on any atom is 0.0727 e. The smallest absolute Gasteiger partial charge is 0.0727 e. The van der Waals surface area contributed by atoms with Crippen LogP contribution in [0.3, 0.4) is 0 Å². The van der Waals surface area contributed by atoms with Gasteiger partial charge in [0.25, 0.3) is 0 Å². The Morgan fingerprint density at radius 3 is 2.72 bits per heavy atom. The standard InChI is InChI=1S/C15H21N3/c1-3-5-12-10-15(17-8-4-2)13-9-11(16)6-7-14(13)18-12/h6-7,9-10H,3-5,8,16H2,1-2H3,(H,17,18). The number of fused-ring (bicyclic) bond motifs is 1. The summed E-state index contributed by atoms with van der Waals surface area (Å²) in [5.74, 6) is 0. The Bertz CT molecular complexity index is 534. The van der Waals surface area contributed by atoms with Crippen LogP contribution in [0.1, 0.15) is 32.4 Å². The fourth-order valence-corrected chi connectivity index (χ4v) is 2.09. The largest absolute Gasteiger partial charge is 0.399 e. The van der Waals surface area contributed by atoms with Crippen LogP contribution in [0.5, 0.6) is 0 Å². The molecule has 1 aromatic carbocycles. The molecule has 3 nitrogen and oxygen atoms in total. The molecule has 1 aromatic heterocycles. The first-order valence-electron chi connectivity index (χ1n) is 6.67. The van der Waals surface area contributed by atoms with Crippen molar-refractivity contribution in [2.24, 2.45) is 0 Å². The number of anilines is 2. The van der Waals surface area contributed by atoms with Gasteiger partial charge in [0, 0.05) is 29.0 Å². The van der Waals surface area contributed by atoms with Crippen LogP contribution in [0.15, 0.2) is 24.3 Å².